The highest BCUT2D eigenvalue weighted by molar-refractivity contribution is 7.80. The summed E-state index contributed by atoms with van der Waals surface area (Å²) in [4.78, 5) is 0.425. The lowest BCUT2D eigenvalue weighted by atomic mass is 10.1. The van der Waals surface area contributed by atoms with E-state index in [4.69, 9.17) is 22.7 Å². The van der Waals surface area contributed by atoms with Gasteiger partial charge in [-0.15, -0.1) is 0 Å². The van der Waals surface area contributed by atoms with Gasteiger partial charge in [0.15, 0.2) is 0 Å². The summed E-state index contributed by atoms with van der Waals surface area (Å²) in [5.41, 5.74) is 6.88. The molecule has 0 radical (unpaired) electrons. The molecule has 2 nitrogen and oxygen atoms in total. The molecule has 0 aromatic heterocycles. The summed E-state index contributed by atoms with van der Waals surface area (Å²) >= 11 is 4.83. The van der Waals surface area contributed by atoms with Crippen LogP contribution in [-0.4, -0.2) is 4.99 Å². The first-order chi connectivity index (χ1) is 9.52. The summed E-state index contributed by atoms with van der Waals surface area (Å²) in [5.74, 6) is -0.618. The third-order valence-electron chi connectivity index (χ3n) is 2.63. The monoisotopic (exact) mass is 293 g/mol. The number of benzene rings is 2. The number of halogens is 2. The smallest absolute Gasteiger partial charge is 0.126 e. The number of thiocarbonyl (C=S) groups is 1. The Morgan fingerprint density at radius 1 is 1.00 bits per heavy atom. The van der Waals surface area contributed by atoms with Crippen LogP contribution in [0.2, 0.25) is 0 Å². The van der Waals surface area contributed by atoms with E-state index in [1.54, 1.807) is 12.1 Å². The molecule has 2 N–H and O–H groups in total. The van der Waals surface area contributed by atoms with Crippen LogP contribution in [-0.2, 0) is 13.0 Å². The van der Waals surface area contributed by atoms with E-state index >= 15 is 0 Å². The van der Waals surface area contributed by atoms with Gasteiger partial charge in [0.1, 0.15) is 24.0 Å². The molecule has 0 saturated carbocycles. The highest BCUT2D eigenvalue weighted by atomic mass is 32.1. The normalized spacial score (nSPS) is 10.3. The lowest BCUT2D eigenvalue weighted by Crippen LogP contribution is -2.10. The number of ether oxygens (including phenoxy) is 1. The van der Waals surface area contributed by atoms with Crippen LogP contribution in [0.25, 0.3) is 0 Å². The van der Waals surface area contributed by atoms with Gasteiger partial charge in [0.25, 0.3) is 0 Å². The number of rotatable bonds is 5. The van der Waals surface area contributed by atoms with Crippen LogP contribution >= 0.6 is 12.2 Å². The largest absolute Gasteiger partial charge is 0.489 e. The first-order valence-electron chi connectivity index (χ1n) is 5.98. The summed E-state index contributed by atoms with van der Waals surface area (Å²) in [6, 6.07) is 10.5. The van der Waals surface area contributed by atoms with Crippen molar-refractivity contribution in [3.05, 3.63) is 65.2 Å². The highest BCUT2D eigenvalue weighted by Gasteiger charge is 2.02. The van der Waals surface area contributed by atoms with Gasteiger partial charge in [-0.3, -0.25) is 0 Å². The molecule has 0 aliphatic carbocycles. The summed E-state index contributed by atoms with van der Waals surface area (Å²) in [6.45, 7) is 0.101. The van der Waals surface area contributed by atoms with E-state index in [2.05, 4.69) is 0 Å². The van der Waals surface area contributed by atoms with Gasteiger partial charge in [-0.05, 0) is 35.4 Å². The summed E-state index contributed by atoms with van der Waals surface area (Å²) in [6.07, 6.45) is 0.532. The van der Waals surface area contributed by atoms with Crippen molar-refractivity contribution in [2.45, 2.75) is 13.0 Å². The minimum absolute atomic E-state index is 0.101. The van der Waals surface area contributed by atoms with Gasteiger partial charge in [0, 0.05) is 12.5 Å². The lowest BCUT2D eigenvalue weighted by Gasteiger charge is -2.07. The van der Waals surface area contributed by atoms with Crippen molar-refractivity contribution < 1.29 is 13.5 Å². The predicted octanol–water partition coefficient (Wildman–Crippen LogP) is 3.37. The molecule has 0 saturated heterocycles. The van der Waals surface area contributed by atoms with E-state index in [-0.39, 0.29) is 6.61 Å². The second-order valence-electron chi connectivity index (χ2n) is 4.35. The third kappa shape index (κ3) is 4.28. The van der Waals surface area contributed by atoms with E-state index in [0.717, 1.165) is 11.6 Å². The highest BCUT2D eigenvalue weighted by Crippen LogP contribution is 2.16. The van der Waals surface area contributed by atoms with Crippen LogP contribution in [0.4, 0.5) is 8.78 Å². The predicted molar refractivity (Wildman–Crippen MR) is 77.6 cm³/mol. The summed E-state index contributed by atoms with van der Waals surface area (Å²) < 4.78 is 31.5. The quantitative estimate of drug-likeness (QED) is 0.858. The molecule has 2 aromatic rings. The van der Waals surface area contributed by atoms with Gasteiger partial charge in [-0.25, -0.2) is 8.78 Å². The third-order valence-corrected chi connectivity index (χ3v) is 2.77. The van der Waals surface area contributed by atoms with Crippen LogP contribution < -0.4 is 10.5 Å². The van der Waals surface area contributed by atoms with Gasteiger partial charge in [0.05, 0.1) is 4.99 Å². The van der Waals surface area contributed by atoms with Crippen LogP contribution in [0, 0.1) is 11.6 Å². The molecular formula is C15H13F2NOS. The molecule has 2 aromatic carbocycles. The molecule has 0 heterocycles. The number of hydrogen-bond acceptors (Lipinski definition) is 2. The molecule has 0 fully saturated rings. The van der Waals surface area contributed by atoms with Gasteiger partial charge >= 0.3 is 0 Å². The Bertz CT molecular complexity index is 594. The molecule has 0 atom stereocenters. The van der Waals surface area contributed by atoms with Gasteiger partial charge in [-0.1, -0.05) is 24.4 Å². The average molecular weight is 293 g/mol. The minimum Gasteiger partial charge on any atom is -0.489 e. The Labute approximate surface area is 121 Å². The Morgan fingerprint density at radius 3 is 2.15 bits per heavy atom. The topological polar surface area (TPSA) is 35.2 Å². The fraction of sp³-hybridized carbons (Fsp3) is 0.133. The van der Waals surface area contributed by atoms with Crippen molar-refractivity contribution in [1.29, 1.82) is 0 Å². The molecule has 0 unspecified atom stereocenters. The second-order valence-corrected chi connectivity index (χ2v) is 4.88. The number of nitrogens with two attached hydrogens (primary N) is 1. The Balaban J connectivity index is 1.98. The Kier molecular flexibility index (Phi) is 4.63. The molecule has 0 bridgehead atoms. The van der Waals surface area contributed by atoms with E-state index in [1.165, 1.54) is 12.1 Å². The van der Waals surface area contributed by atoms with Gasteiger partial charge < -0.3 is 10.5 Å². The van der Waals surface area contributed by atoms with E-state index in [9.17, 15) is 8.78 Å². The van der Waals surface area contributed by atoms with Crippen molar-refractivity contribution in [3.8, 4) is 5.75 Å². The van der Waals surface area contributed by atoms with Crippen molar-refractivity contribution in [2.24, 2.45) is 5.73 Å². The zero-order chi connectivity index (χ0) is 14.5. The van der Waals surface area contributed by atoms with Crippen molar-refractivity contribution >= 4 is 17.2 Å². The molecule has 0 spiro atoms. The van der Waals surface area contributed by atoms with E-state index in [0.29, 0.717) is 22.7 Å². The van der Waals surface area contributed by atoms with E-state index < -0.39 is 11.6 Å². The molecule has 5 heteroatoms. The fourth-order valence-corrected chi connectivity index (χ4v) is 1.93. The van der Waals surface area contributed by atoms with Crippen LogP contribution in [0.1, 0.15) is 11.1 Å². The maximum atomic E-state index is 13.0. The first kappa shape index (κ1) is 14.4. The molecule has 2 rings (SSSR count). The Hall–Kier alpha value is -2.01. The van der Waals surface area contributed by atoms with E-state index in [1.807, 2.05) is 12.1 Å². The lowest BCUT2D eigenvalue weighted by molar-refractivity contribution is 0.304. The van der Waals surface area contributed by atoms with Crippen LogP contribution in [0.3, 0.4) is 0 Å². The zero-order valence-corrected chi connectivity index (χ0v) is 11.4. The zero-order valence-electron chi connectivity index (χ0n) is 10.6. The van der Waals surface area contributed by atoms with Gasteiger partial charge in [-0.2, -0.15) is 0 Å². The van der Waals surface area contributed by atoms with Crippen molar-refractivity contribution in [1.82, 2.24) is 0 Å². The maximum Gasteiger partial charge on any atom is 0.126 e. The first-order valence-corrected chi connectivity index (χ1v) is 6.39. The molecule has 0 aliphatic heterocycles. The minimum atomic E-state index is -0.615. The van der Waals surface area contributed by atoms with Crippen LogP contribution in [0.5, 0.6) is 5.75 Å². The molecule has 0 aliphatic rings. The standard InChI is InChI=1S/C15H13F2NOS/c16-12-5-11(6-13(17)8-12)9-19-14-3-1-10(2-4-14)7-15(18)20/h1-6,8H,7,9H2,(H2,18,20). The fourth-order valence-electron chi connectivity index (χ4n) is 1.77. The van der Waals surface area contributed by atoms with Crippen molar-refractivity contribution in [2.75, 3.05) is 0 Å². The maximum absolute atomic E-state index is 13.0. The average Bonchev–Trinajstić information content (AvgIpc) is 2.36. The molecule has 20 heavy (non-hydrogen) atoms. The second kappa shape index (κ2) is 6.43. The van der Waals surface area contributed by atoms with Gasteiger partial charge in [0.2, 0.25) is 0 Å². The summed E-state index contributed by atoms with van der Waals surface area (Å²) in [5, 5.41) is 0. The Morgan fingerprint density at radius 2 is 1.60 bits per heavy atom. The van der Waals surface area contributed by atoms with Crippen molar-refractivity contribution in [3.63, 3.8) is 0 Å². The SMILES string of the molecule is NC(=S)Cc1ccc(OCc2cc(F)cc(F)c2)cc1. The number of hydrogen-bond donors (Lipinski definition) is 1. The molecular weight excluding hydrogens is 280 g/mol. The summed E-state index contributed by atoms with van der Waals surface area (Å²) in [7, 11) is 0. The van der Waals surface area contributed by atoms with Crippen LogP contribution in [0.15, 0.2) is 42.5 Å². The molecule has 0 amide bonds. The molecule has 104 valence electrons.